The minimum atomic E-state index is -0.381. The summed E-state index contributed by atoms with van der Waals surface area (Å²) in [5, 5.41) is 7.03. The fourth-order valence-corrected chi connectivity index (χ4v) is 2.83. The Morgan fingerprint density at radius 2 is 1.85 bits per heavy atom. The van der Waals surface area contributed by atoms with Crippen LogP contribution in [0.3, 0.4) is 0 Å². The van der Waals surface area contributed by atoms with E-state index in [1.807, 2.05) is 18.2 Å². The molecule has 1 N–H and O–H groups in total. The largest absolute Gasteiger partial charge is 0.351 e. The normalized spacial score (nSPS) is 10.9. The van der Waals surface area contributed by atoms with Crippen LogP contribution >= 0.6 is 0 Å². The molecule has 5 nitrogen and oxygen atoms in total. The number of hydrogen-bond acceptors (Lipinski definition) is 3. The predicted octanol–water partition coefficient (Wildman–Crippen LogP) is 3.26. The lowest BCUT2D eigenvalue weighted by Crippen LogP contribution is -2.28. The molecule has 0 unspecified atom stereocenters. The SMILES string of the molecule is CN(CCCNC(=O)c1ccn(-c2ccccc2F)n1)Cc1ccccc1. The van der Waals surface area contributed by atoms with Crippen molar-refractivity contribution in [2.45, 2.75) is 13.0 Å². The van der Waals surface area contributed by atoms with Gasteiger partial charge in [0, 0.05) is 19.3 Å². The fourth-order valence-electron chi connectivity index (χ4n) is 2.83. The summed E-state index contributed by atoms with van der Waals surface area (Å²) >= 11 is 0. The van der Waals surface area contributed by atoms with E-state index in [-0.39, 0.29) is 17.4 Å². The average Bonchev–Trinajstić information content (AvgIpc) is 3.16. The monoisotopic (exact) mass is 366 g/mol. The van der Waals surface area contributed by atoms with Crippen LogP contribution in [-0.4, -0.2) is 40.7 Å². The summed E-state index contributed by atoms with van der Waals surface area (Å²) in [5.74, 6) is -0.634. The molecule has 1 aromatic heterocycles. The Morgan fingerprint density at radius 3 is 2.63 bits per heavy atom. The maximum absolute atomic E-state index is 13.8. The van der Waals surface area contributed by atoms with Crippen molar-refractivity contribution in [1.82, 2.24) is 20.0 Å². The zero-order chi connectivity index (χ0) is 19.1. The molecule has 3 rings (SSSR count). The molecular weight excluding hydrogens is 343 g/mol. The van der Waals surface area contributed by atoms with Gasteiger partial charge >= 0.3 is 0 Å². The van der Waals surface area contributed by atoms with Gasteiger partial charge in [0.15, 0.2) is 5.69 Å². The lowest BCUT2D eigenvalue weighted by molar-refractivity contribution is 0.0946. The molecule has 0 atom stereocenters. The zero-order valence-electron chi connectivity index (χ0n) is 15.3. The third-order valence-corrected chi connectivity index (χ3v) is 4.22. The second-order valence-electron chi connectivity index (χ2n) is 6.43. The average molecular weight is 366 g/mol. The Labute approximate surface area is 158 Å². The quantitative estimate of drug-likeness (QED) is 0.623. The number of amides is 1. The topological polar surface area (TPSA) is 50.2 Å². The van der Waals surface area contributed by atoms with Crippen molar-refractivity contribution in [3.8, 4) is 5.69 Å². The predicted molar refractivity (Wildman–Crippen MR) is 103 cm³/mol. The van der Waals surface area contributed by atoms with Crippen molar-refractivity contribution in [1.29, 1.82) is 0 Å². The Hall–Kier alpha value is -2.99. The molecule has 0 saturated heterocycles. The van der Waals surface area contributed by atoms with E-state index in [1.54, 1.807) is 30.5 Å². The first-order chi connectivity index (χ1) is 13.1. The molecule has 3 aromatic rings. The van der Waals surface area contributed by atoms with Crippen LogP contribution in [0.1, 0.15) is 22.5 Å². The number of nitrogens with zero attached hydrogens (tertiary/aromatic N) is 3. The first-order valence-corrected chi connectivity index (χ1v) is 8.95. The van der Waals surface area contributed by atoms with E-state index in [0.717, 1.165) is 19.5 Å². The number of rotatable bonds is 8. The molecule has 0 radical (unpaired) electrons. The van der Waals surface area contributed by atoms with Gasteiger partial charge in [0.05, 0.1) is 0 Å². The summed E-state index contributed by atoms with van der Waals surface area (Å²) in [6, 6.07) is 18.2. The highest BCUT2D eigenvalue weighted by Gasteiger charge is 2.11. The Balaban J connectivity index is 1.44. The van der Waals surface area contributed by atoms with Gasteiger partial charge in [-0.1, -0.05) is 42.5 Å². The number of nitrogens with one attached hydrogen (secondary N) is 1. The molecule has 0 spiro atoms. The third kappa shape index (κ3) is 5.24. The van der Waals surface area contributed by atoms with E-state index in [9.17, 15) is 9.18 Å². The van der Waals surface area contributed by atoms with E-state index in [1.165, 1.54) is 16.3 Å². The molecule has 2 aromatic carbocycles. The van der Waals surface area contributed by atoms with Gasteiger partial charge in [-0.2, -0.15) is 5.10 Å². The van der Waals surface area contributed by atoms with Gasteiger partial charge in [0.2, 0.25) is 0 Å². The molecule has 0 aliphatic rings. The number of benzene rings is 2. The Morgan fingerprint density at radius 1 is 1.11 bits per heavy atom. The van der Waals surface area contributed by atoms with Crippen LogP contribution < -0.4 is 5.32 Å². The Bertz CT molecular complexity index is 879. The molecule has 1 heterocycles. The van der Waals surface area contributed by atoms with Crippen LogP contribution in [-0.2, 0) is 6.54 Å². The number of carbonyl (C=O) groups is 1. The van der Waals surface area contributed by atoms with Crippen molar-refractivity contribution >= 4 is 5.91 Å². The summed E-state index contributed by atoms with van der Waals surface area (Å²) < 4.78 is 15.2. The summed E-state index contributed by atoms with van der Waals surface area (Å²) in [4.78, 5) is 14.4. The van der Waals surface area contributed by atoms with Crippen LogP contribution in [0.25, 0.3) is 5.69 Å². The van der Waals surface area contributed by atoms with E-state index < -0.39 is 0 Å². The van der Waals surface area contributed by atoms with Crippen molar-refractivity contribution in [3.63, 3.8) is 0 Å². The fraction of sp³-hybridized carbons (Fsp3) is 0.238. The molecular formula is C21H23FN4O. The summed E-state index contributed by atoms with van der Waals surface area (Å²) in [6.45, 7) is 2.31. The number of hydrogen-bond donors (Lipinski definition) is 1. The van der Waals surface area contributed by atoms with Crippen molar-refractivity contribution < 1.29 is 9.18 Å². The molecule has 0 aliphatic carbocycles. The molecule has 6 heteroatoms. The van der Waals surface area contributed by atoms with E-state index in [2.05, 4.69) is 34.5 Å². The first-order valence-electron chi connectivity index (χ1n) is 8.95. The van der Waals surface area contributed by atoms with Crippen LogP contribution in [0.2, 0.25) is 0 Å². The highest BCUT2D eigenvalue weighted by atomic mass is 19.1. The minimum absolute atomic E-state index is 0.254. The molecule has 1 amide bonds. The van der Waals surface area contributed by atoms with Gasteiger partial charge in [0.25, 0.3) is 5.91 Å². The third-order valence-electron chi connectivity index (χ3n) is 4.22. The standard InChI is InChI=1S/C21H23FN4O/c1-25(16-17-8-3-2-4-9-17)14-7-13-23-21(27)19-12-15-26(24-19)20-11-6-5-10-18(20)22/h2-6,8-12,15H,7,13-14,16H2,1H3,(H,23,27). The van der Waals surface area contributed by atoms with Gasteiger partial charge in [0.1, 0.15) is 11.5 Å². The summed E-state index contributed by atoms with van der Waals surface area (Å²) in [5.41, 5.74) is 1.86. The summed E-state index contributed by atoms with van der Waals surface area (Å²) in [6.07, 6.45) is 2.42. The molecule has 0 aliphatic heterocycles. The molecule has 0 bridgehead atoms. The van der Waals surface area contributed by atoms with Crippen LogP contribution in [0.4, 0.5) is 4.39 Å². The van der Waals surface area contributed by atoms with Crippen LogP contribution in [0, 0.1) is 5.82 Å². The van der Waals surface area contributed by atoms with Crippen molar-refractivity contribution in [3.05, 3.63) is 83.9 Å². The van der Waals surface area contributed by atoms with E-state index in [4.69, 9.17) is 0 Å². The van der Waals surface area contributed by atoms with E-state index in [0.29, 0.717) is 12.2 Å². The molecule has 0 fully saturated rings. The molecule has 0 saturated carbocycles. The maximum atomic E-state index is 13.8. The Kier molecular flexibility index (Phi) is 6.33. The number of carbonyl (C=O) groups excluding carboxylic acids is 1. The molecule has 27 heavy (non-hydrogen) atoms. The zero-order valence-corrected chi connectivity index (χ0v) is 15.3. The van der Waals surface area contributed by atoms with Gasteiger partial charge in [-0.15, -0.1) is 0 Å². The number of para-hydroxylation sites is 1. The lowest BCUT2D eigenvalue weighted by Gasteiger charge is -2.16. The summed E-state index contributed by atoms with van der Waals surface area (Å²) in [7, 11) is 2.06. The van der Waals surface area contributed by atoms with Gasteiger partial charge in [-0.05, 0) is 43.8 Å². The highest BCUT2D eigenvalue weighted by molar-refractivity contribution is 5.92. The van der Waals surface area contributed by atoms with Crippen molar-refractivity contribution in [2.75, 3.05) is 20.1 Å². The van der Waals surface area contributed by atoms with Gasteiger partial charge in [-0.25, -0.2) is 9.07 Å². The smallest absolute Gasteiger partial charge is 0.271 e. The van der Waals surface area contributed by atoms with Crippen LogP contribution in [0.5, 0.6) is 0 Å². The lowest BCUT2D eigenvalue weighted by atomic mass is 10.2. The number of aromatic nitrogens is 2. The van der Waals surface area contributed by atoms with Crippen molar-refractivity contribution in [2.24, 2.45) is 0 Å². The second-order valence-corrected chi connectivity index (χ2v) is 6.43. The first kappa shape index (κ1) is 18.8. The minimum Gasteiger partial charge on any atom is -0.351 e. The highest BCUT2D eigenvalue weighted by Crippen LogP contribution is 2.12. The van der Waals surface area contributed by atoms with E-state index >= 15 is 0 Å². The van der Waals surface area contributed by atoms with Gasteiger partial charge in [-0.3, -0.25) is 4.79 Å². The molecule has 140 valence electrons. The maximum Gasteiger partial charge on any atom is 0.271 e. The van der Waals surface area contributed by atoms with Gasteiger partial charge < -0.3 is 10.2 Å². The number of halogens is 1. The van der Waals surface area contributed by atoms with Crippen LogP contribution in [0.15, 0.2) is 66.9 Å². The second kappa shape index (κ2) is 9.09.